The lowest BCUT2D eigenvalue weighted by Gasteiger charge is -2.20. The molecule has 0 aromatic heterocycles. The summed E-state index contributed by atoms with van der Waals surface area (Å²) in [6.45, 7) is 0.316. The molecule has 2 aromatic carbocycles. The molecule has 0 atom stereocenters. The Morgan fingerprint density at radius 1 is 1.11 bits per heavy atom. The van der Waals surface area contributed by atoms with E-state index in [1.807, 2.05) is 43.3 Å². The van der Waals surface area contributed by atoms with Gasteiger partial charge in [0, 0.05) is 37.6 Å². The molecule has 19 heavy (non-hydrogen) atoms. The fourth-order valence-corrected chi connectivity index (χ4v) is 1.91. The molecule has 4 heteroatoms. The lowest BCUT2D eigenvalue weighted by molar-refractivity contribution is 0.583. The van der Waals surface area contributed by atoms with Crippen LogP contribution in [0, 0.1) is 11.6 Å². The molecule has 1 N–H and O–H groups in total. The van der Waals surface area contributed by atoms with Gasteiger partial charge in [0.15, 0.2) is 0 Å². The highest BCUT2D eigenvalue weighted by Gasteiger charge is 2.08. The molecule has 0 aliphatic carbocycles. The van der Waals surface area contributed by atoms with Crippen molar-refractivity contribution in [3.05, 3.63) is 59.7 Å². The zero-order valence-corrected chi connectivity index (χ0v) is 11.0. The Morgan fingerprint density at radius 2 is 1.89 bits per heavy atom. The minimum absolute atomic E-state index is 0.316. The summed E-state index contributed by atoms with van der Waals surface area (Å²) in [5.41, 5.74) is 2.26. The van der Waals surface area contributed by atoms with E-state index < -0.39 is 11.6 Å². The van der Waals surface area contributed by atoms with Gasteiger partial charge in [0.05, 0.1) is 0 Å². The van der Waals surface area contributed by atoms with Gasteiger partial charge >= 0.3 is 0 Å². The van der Waals surface area contributed by atoms with E-state index in [1.54, 1.807) is 0 Å². The Kier molecular flexibility index (Phi) is 4.00. The first kappa shape index (κ1) is 13.3. The summed E-state index contributed by atoms with van der Waals surface area (Å²) in [6.07, 6.45) is 0. The maximum atomic E-state index is 13.6. The highest BCUT2D eigenvalue weighted by atomic mass is 19.1. The Balaban J connectivity index is 2.20. The van der Waals surface area contributed by atoms with Crippen molar-refractivity contribution in [3.63, 3.8) is 0 Å². The first-order chi connectivity index (χ1) is 9.10. The molecular weight excluding hydrogens is 246 g/mol. The van der Waals surface area contributed by atoms with Gasteiger partial charge < -0.3 is 10.2 Å². The van der Waals surface area contributed by atoms with Crippen molar-refractivity contribution in [2.75, 3.05) is 24.3 Å². The highest BCUT2D eigenvalue weighted by Crippen LogP contribution is 2.21. The first-order valence-corrected chi connectivity index (χ1v) is 6.03. The molecule has 0 unspecified atom stereocenters. The van der Waals surface area contributed by atoms with E-state index >= 15 is 0 Å². The van der Waals surface area contributed by atoms with Crippen LogP contribution in [0.15, 0.2) is 42.5 Å². The summed E-state index contributed by atoms with van der Waals surface area (Å²) < 4.78 is 26.7. The van der Waals surface area contributed by atoms with Crippen LogP contribution in [0.3, 0.4) is 0 Å². The van der Waals surface area contributed by atoms with Crippen molar-refractivity contribution in [1.82, 2.24) is 0 Å². The first-order valence-electron chi connectivity index (χ1n) is 6.03. The maximum Gasteiger partial charge on any atom is 0.128 e. The van der Waals surface area contributed by atoms with Crippen molar-refractivity contribution in [2.45, 2.75) is 6.54 Å². The normalized spacial score (nSPS) is 10.3. The SMILES string of the molecule is CNc1cccc(N(C)Cc2cc(F)ccc2F)c1. The average molecular weight is 262 g/mol. The molecule has 0 amide bonds. The molecule has 0 saturated carbocycles. The smallest absolute Gasteiger partial charge is 0.128 e. The number of rotatable bonds is 4. The van der Waals surface area contributed by atoms with Gasteiger partial charge in [-0.3, -0.25) is 0 Å². The molecule has 0 saturated heterocycles. The van der Waals surface area contributed by atoms with E-state index in [1.165, 1.54) is 6.07 Å². The predicted octanol–water partition coefficient (Wildman–Crippen LogP) is 3.64. The number of hydrogen-bond donors (Lipinski definition) is 1. The van der Waals surface area contributed by atoms with Gasteiger partial charge in [0.1, 0.15) is 11.6 Å². The Bertz CT molecular complexity index is 570. The van der Waals surface area contributed by atoms with Gasteiger partial charge in [-0.25, -0.2) is 8.78 Å². The minimum atomic E-state index is -0.422. The molecule has 2 rings (SSSR count). The van der Waals surface area contributed by atoms with Crippen molar-refractivity contribution < 1.29 is 8.78 Å². The van der Waals surface area contributed by atoms with Gasteiger partial charge in [-0.1, -0.05) is 6.07 Å². The second-order valence-electron chi connectivity index (χ2n) is 4.39. The number of benzene rings is 2. The molecule has 0 aliphatic heterocycles. The van der Waals surface area contributed by atoms with Crippen LogP contribution in [0.2, 0.25) is 0 Å². The van der Waals surface area contributed by atoms with Crippen LogP contribution >= 0.6 is 0 Å². The van der Waals surface area contributed by atoms with E-state index in [0.717, 1.165) is 23.5 Å². The lowest BCUT2D eigenvalue weighted by atomic mass is 10.2. The molecule has 0 bridgehead atoms. The van der Waals surface area contributed by atoms with Crippen molar-refractivity contribution in [1.29, 1.82) is 0 Å². The van der Waals surface area contributed by atoms with E-state index in [0.29, 0.717) is 12.1 Å². The Labute approximate surface area is 111 Å². The summed E-state index contributed by atoms with van der Waals surface area (Å²) in [6, 6.07) is 11.3. The Morgan fingerprint density at radius 3 is 2.63 bits per heavy atom. The quantitative estimate of drug-likeness (QED) is 0.905. The maximum absolute atomic E-state index is 13.6. The van der Waals surface area contributed by atoms with Gasteiger partial charge in [0.2, 0.25) is 0 Å². The topological polar surface area (TPSA) is 15.3 Å². The third kappa shape index (κ3) is 3.22. The number of halogens is 2. The summed E-state index contributed by atoms with van der Waals surface area (Å²) in [5, 5.41) is 3.05. The molecule has 100 valence electrons. The summed E-state index contributed by atoms with van der Waals surface area (Å²) in [5.74, 6) is -0.813. The molecular formula is C15H16F2N2. The van der Waals surface area contributed by atoms with Crippen LogP contribution < -0.4 is 10.2 Å². The molecule has 0 fully saturated rings. The number of hydrogen-bond acceptors (Lipinski definition) is 2. The van der Waals surface area contributed by atoms with Crippen molar-refractivity contribution in [3.8, 4) is 0 Å². The average Bonchev–Trinajstić information content (AvgIpc) is 2.43. The molecule has 0 heterocycles. The predicted molar refractivity (Wildman–Crippen MR) is 74.5 cm³/mol. The van der Waals surface area contributed by atoms with E-state index in [-0.39, 0.29) is 0 Å². The van der Waals surface area contributed by atoms with Gasteiger partial charge in [-0.05, 0) is 36.4 Å². The van der Waals surface area contributed by atoms with Gasteiger partial charge in [0.25, 0.3) is 0 Å². The van der Waals surface area contributed by atoms with Crippen LogP contribution in [0.25, 0.3) is 0 Å². The number of nitrogens with zero attached hydrogens (tertiary/aromatic N) is 1. The second-order valence-corrected chi connectivity index (χ2v) is 4.39. The molecule has 0 aliphatic rings. The molecule has 0 spiro atoms. The molecule has 0 radical (unpaired) electrons. The minimum Gasteiger partial charge on any atom is -0.388 e. The summed E-state index contributed by atoms with van der Waals surface area (Å²) in [7, 11) is 3.68. The van der Waals surface area contributed by atoms with E-state index in [9.17, 15) is 8.78 Å². The second kappa shape index (κ2) is 5.69. The highest BCUT2D eigenvalue weighted by molar-refractivity contribution is 5.57. The lowest BCUT2D eigenvalue weighted by Crippen LogP contribution is -2.17. The van der Waals surface area contributed by atoms with Crippen molar-refractivity contribution in [2.24, 2.45) is 0 Å². The number of nitrogens with one attached hydrogen (secondary N) is 1. The van der Waals surface area contributed by atoms with Crippen LogP contribution in [0.5, 0.6) is 0 Å². The van der Waals surface area contributed by atoms with Gasteiger partial charge in [-0.15, -0.1) is 0 Å². The van der Waals surface area contributed by atoms with Crippen LogP contribution in [-0.2, 0) is 6.54 Å². The van der Waals surface area contributed by atoms with Gasteiger partial charge in [-0.2, -0.15) is 0 Å². The largest absolute Gasteiger partial charge is 0.388 e. The third-order valence-electron chi connectivity index (χ3n) is 2.99. The zero-order chi connectivity index (χ0) is 13.8. The standard InChI is InChI=1S/C15H16F2N2/c1-18-13-4-3-5-14(9-13)19(2)10-11-8-12(16)6-7-15(11)17/h3-9,18H,10H2,1-2H3. The van der Waals surface area contributed by atoms with E-state index in [2.05, 4.69) is 5.32 Å². The van der Waals surface area contributed by atoms with Crippen LogP contribution in [0.4, 0.5) is 20.2 Å². The van der Waals surface area contributed by atoms with Crippen LogP contribution in [-0.4, -0.2) is 14.1 Å². The van der Waals surface area contributed by atoms with Crippen LogP contribution in [0.1, 0.15) is 5.56 Å². The van der Waals surface area contributed by atoms with Crippen molar-refractivity contribution >= 4 is 11.4 Å². The monoisotopic (exact) mass is 262 g/mol. The number of anilines is 2. The fourth-order valence-electron chi connectivity index (χ4n) is 1.91. The summed E-state index contributed by atoms with van der Waals surface area (Å²) in [4.78, 5) is 1.87. The Hall–Kier alpha value is -2.10. The summed E-state index contributed by atoms with van der Waals surface area (Å²) >= 11 is 0. The fraction of sp³-hybridized carbons (Fsp3) is 0.200. The third-order valence-corrected chi connectivity index (χ3v) is 2.99. The molecule has 2 aromatic rings. The van der Waals surface area contributed by atoms with E-state index in [4.69, 9.17) is 0 Å². The zero-order valence-electron chi connectivity index (χ0n) is 11.0. The molecule has 2 nitrogen and oxygen atoms in total.